The minimum absolute atomic E-state index is 0.116. The predicted molar refractivity (Wildman–Crippen MR) is 124 cm³/mol. The van der Waals surface area contributed by atoms with Gasteiger partial charge in [-0.1, -0.05) is 33.6 Å². The molecule has 1 aliphatic rings. The van der Waals surface area contributed by atoms with E-state index in [0.717, 1.165) is 27.7 Å². The lowest BCUT2D eigenvalue weighted by Gasteiger charge is -2.17. The van der Waals surface area contributed by atoms with Crippen molar-refractivity contribution in [3.05, 3.63) is 82.3 Å². The summed E-state index contributed by atoms with van der Waals surface area (Å²) in [5.74, 6) is 0.289. The maximum atomic E-state index is 12.6. The topological polar surface area (TPSA) is 75.7 Å². The fraction of sp³-hybridized carbons (Fsp3) is 0.174. The van der Waals surface area contributed by atoms with Crippen LogP contribution in [0.15, 0.2) is 76.1 Å². The van der Waals surface area contributed by atoms with Crippen molar-refractivity contribution in [2.45, 2.75) is 18.2 Å². The summed E-state index contributed by atoms with van der Waals surface area (Å²) in [4.78, 5) is 14.4. The number of benzene rings is 3. The van der Waals surface area contributed by atoms with Crippen LogP contribution in [0.5, 0.6) is 5.75 Å². The van der Waals surface area contributed by atoms with Gasteiger partial charge in [0.2, 0.25) is 0 Å². The number of carbonyl (C=O) groups is 1. The molecule has 0 fully saturated rings. The molecule has 8 heteroatoms. The van der Waals surface area contributed by atoms with Crippen molar-refractivity contribution in [1.82, 2.24) is 0 Å². The zero-order valence-electron chi connectivity index (χ0n) is 16.8. The van der Waals surface area contributed by atoms with Crippen LogP contribution in [0.2, 0.25) is 0 Å². The van der Waals surface area contributed by atoms with Gasteiger partial charge in [-0.15, -0.1) is 0 Å². The van der Waals surface area contributed by atoms with E-state index in [1.807, 2.05) is 37.3 Å². The highest BCUT2D eigenvalue weighted by Crippen LogP contribution is 2.30. The summed E-state index contributed by atoms with van der Waals surface area (Å²) in [7, 11) is -3.71. The lowest BCUT2D eigenvalue weighted by molar-refractivity contribution is -0.120. The minimum Gasteiger partial charge on any atom is -0.484 e. The van der Waals surface area contributed by atoms with Crippen LogP contribution in [0.25, 0.3) is 0 Å². The van der Waals surface area contributed by atoms with E-state index in [2.05, 4.69) is 20.7 Å². The summed E-state index contributed by atoms with van der Waals surface area (Å²) in [5.41, 5.74) is 3.57. The van der Waals surface area contributed by atoms with Crippen LogP contribution in [0.4, 0.5) is 11.4 Å². The largest absolute Gasteiger partial charge is 0.484 e. The highest BCUT2D eigenvalue weighted by Gasteiger charge is 2.25. The maximum Gasteiger partial charge on any atom is 0.264 e. The minimum atomic E-state index is -3.71. The van der Waals surface area contributed by atoms with Gasteiger partial charge in [-0.2, -0.15) is 0 Å². The lowest BCUT2D eigenvalue weighted by Crippen LogP contribution is -2.33. The molecule has 1 amide bonds. The number of nitrogens with zero attached hydrogens (tertiary/aromatic N) is 1. The van der Waals surface area contributed by atoms with Crippen LogP contribution in [0, 0.1) is 6.92 Å². The van der Waals surface area contributed by atoms with Crippen LogP contribution in [-0.4, -0.2) is 27.5 Å². The van der Waals surface area contributed by atoms with Gasteiger partial charge in [0.1, 0.15) is 5.75 Å². The Morgan fingerprint density at radius 1 is 1.06 bits per heavy atom. The van der Waals surface area contributed by atoms with Crippen molar-refractivity contribution in [3.63, 3.8) is 0 Å². The summed E-state index contributed by atoms with van der Waals surface area (Å²) in [6.45, 7) is 2.43. The van der Waals surface area contributed by atoms with Gasteiger partial charge in [-0.25, -0.2) is 8.42 Å². The molecule has 3 aromatic rings. The first-order valence-electron chi connectivity index (χ1n) is 9.73. The third-order valence-electron chi connectivity index (χ3n) is 5.04. The highest BCUT2D eigenvalue weighted by molar-refractivity contribution is 9.10. The van der Waals surface area contributed by atoms with E-state index in [9.17, 15) is 13.2 Å². The van der Waals surface area contributed by atoms with Crippen LogP contribution < -0.4 is 14.4 Å². The Morgan fingerprint density at radius 3 is 2.48 bits per heavy atom. The molecule has 6 nitrogen and oxygen atoms in total. The van der Waals surface area contributed by atoms with E-state index < -0.39 is 10.0 Å². The molecule has 0 saturated heterocycles. The van der Waals surface area contributed by atoms with Gasteiger partial charge in [0.15, 0.2) is 6.61 Å². The normalized spacial score (nSPS) is 13.0. The molecule has 0 radical (unpaired) electrons. The van der Waals surface area contributed by atoms with Gasteiger partial charge in [0.25, 0.3) is 15.9 Å². The number of halogens is 1. The van der Waals surface area contributed by atoms with E-state index in [-0.39, 0.29) is 17.4 Å². The Kier molecular flexibility index (Phi) is 6.02. The highest BCUT2D eigenvalue weighted by atomic mass is 79.9. The number of hydrogen-bond donors (Lipinski definition) is 1. The predicted octanol–water partition coefficient (Wildman–Crippen LogP) is 4.53. The van der Waals surface area contributed by atoms with Crippen LogP contribution in [-0.2, 0) is 21.2 Å². The molecule has 0 aromatic heterocycles. The molecule has 0 saturated carbocycles. The second-order valence-corrected chi connectivity index (χ2v) is 9.90. The summed E-state index contributed by atoms with van der Waals surface area (Å²) in [5, 5.41) is 0. The SMILES string of the molecule is Cc1ccc(NS(=O)(=O)c2ccc(OCC(=O)N3CCc4cc(Br)ccc43)cc2)cc1. The molecular weight excluding hydrogens is 480 g/mol. The van der Waals surface area contributed by atoms with Gasteiger partial charge in [0, 0.05) is 22.4 Å². The molecule has 0 aliphatic carbocycles. The molecule has 3 aromatic carbocycles. The maximum absolute atomic E-state index is 12.6. The smallest absolute Gasteiger partial charge is 0.264 e. The Balaban J connectivity index is 1.38. The van der Waals surface area contributed by atoms with Crippen LogP contribution in [0.1, 0.15) is 11.1 Å². The molecule has 1 N–H and O–H groups in total. The number of hydrogen-bond acceptors (Lipinski definition) is 4. The second-order valence-electron chi connectivity index (χ2n) is 7.30. The van der Waals surface area contributed by atoms with Crippen LogP contribution >= 0.6 is 15.9 Å². The molecule has 1 heterocycles. The van der Waals surface area contributed by atoms with E-state index in [1.165, 1.54) is 12.1 Å². The Hall–Kier alpha value is -2.84. The number of sulfonamides is 1. The van der Waals surface area contributed by atoms with Gasteiger partial charge >= 0.3 is 0 Å². The number of anilines is 2. The van der Waals surface area contributed by atoms with E-state index in [0.29, 0.717) is 18.0 Å². The summed E-state index contributed by atoms with van der Waals surface area (Å²) < 4.78 is 34.3. The third kappa shape index (κ3) is 4.91. The summed E-state index contributed by atoms with van der Waals surface area (Å²) in [6.07, 6.45) is 0.807. The van der Waals surface area contributed by atoms with E-state index in [4.69, 9.17) is 4.74 Å². The Bertz CT molecular complexity index is 1210. The molecular formula is C23H21BrN2O4S. The number of carbonyl (C=O) groups excluding carboxylic acids is 1. The number of fused-ring (bicyclic) bond motifs is 1. The van der Waals surface area contributed by atoms with Crippen molar-refractivity contribution in [3.8, 4) is 5.75 Å². The number of nitrogens with one attached hydrogen (secondary N) is 1. The monoisotopic (exact) mass is 500 g/mol. The molecule has 1 aliphatic heterocycles. The summed E-state index contributed by atoms with van der Waals surface area (Å²) >= 11 is 3.45. The van der Waals surface area contributed by atoms with Gasteiger partial charge in [-0.3, -0.25) is 9.52 Å². The summed E-state index contributed by atoms with van der Waals surface area (Å²) in [6, 6.07) is 19.0. The van der Waals surface area contributed by atoms with Gasteiger partial charge in [-0.05, 0) is 73.5 Å². The zero-order valence-corrected chi connectivity index (χ0v) is 19.2. The van der Waals surface area contributed by atoms with E-state index >= 15 is 0 Å². The first-order valence-corrected chi connectivity index (χ1v) is 12.0. The third-order valence-corrected chi connectivity index (χ3v) is 6.93. The first kappa shape index (κ1) is 21.4. The number of aryl methyl sites for hydroxylation is 1. The number of ether oxygens (including phenoxy) is 1. The lowest BCUT2D eigenvalue weighted by atomic mass is 10.2. The molecule has 0 atom stereocenters. The van der Waals surface area contributed by atoms with Crippen molar-refractivity contribution in [2.24, 2.45) is 0 Å². The average molecular weight is 501 g/mol. The van der Waals surface area contributed by atoms with Crippen molar-refractivity contribution < 1.29 is 17.9 Å². The van der Waals surface area contributed by atoms with Crippen molar-refractivity contribution in [2.75, 3.05) is 22.8 Å². The fourth-order valence-electron chi connectivity index (χ4n) is 3.40. The number of rotatable bonds is 6. The van der Waals surface area contributed by atoms with E-state index in [1.54, 1.807) is 29.2 Å². The average Bonchev–Trinajstić information content (AvgIpc) is 3.17. The van der Waals surface area contributed by atoms with Crippen LogP contribution in [0.3, 0.4) is 0 Å². The zero-order chi connectivity index (χ0) is 22.0. The standard InChI is InChI=1S/C23H21BrN2O4S/c1-16-2-5-19(6-3-16)25-31(28,29)21-9-7-20(8-10-21)30-15-23(27)26-13-12-17-14-18(24)4-11-22(17)26/h2-11,14,25H,12-13,15H2,1H3. The Morgan fingerprint density at radius 2 is 1.77 bits per heavy atom. The van der Waals surface area contributed by atoms with Gasteiger partial charge in [0.05, 0.1) is 4.90 Å². The first-order chi connectivity index (χ1) is 14.8. The number of amides is 1. The molecule has 0 bridgehead atoms. The molecule has 0 unspecified atom stereocenters. The molecule has 31 heavy (non-hydrogen) atoms. The molecule has 4 rings (SSSR count). The van der Waals surface area contributed by atoms with Gasteiger partial charge < -0.3 is 9.64 Å². The Labute approximate surface area is 190 Å². The van der Waals surface area contributed by atoms with Crippen molar-refractivity contribution in [1.29, 1.82) is 0 Å². The van der Waals surface area contributed by atoms with Crippen molar-refractivity contribution >= 4 is 43.2 Å². The molecule has 0 spiro atoms. The second kappa shape index (κ2) is 8.72. The fourth-order valence-corrected chi connectivity index (χ4v) is 4.87. The quantitative estimate of drug-likeness (QED) is 0.539. The molecule has 160 valence electrons.